The first-order valence-corrected chi connectivity index (χ1v) is 10.1. The van der Waals surface area contributed by atoms with Crippen molar-refractivity contribution in [2.45, 2.75) is 4.90 Å². The summed E-state index contributed by atoms with van der Waals surface area (Å²) in [7, 11) is -8.30. The van der Waals surface area contributed by atoms with Gasteiger partial charge in [0.25, 0.3) is 26.0 Å². The van der Waals surface area contributed by atoms with Gasteiger partial charge in [-0.3, -0.25) is 9.52 Å². The molecule has 1 amide bonds. The van der Waals surface area contributed by atoms with E-state index in [1.54, 1.807) is 0 Å². The van der Waals surface area contributed by atoms with Gasteiger partial charge in [0.1, 0.15) is 4.90 Å². The molecule has 0 spiro atoms. The van der Waals surface area contributed by atoms with Gasteiger partial charge in [0.05, 0.1) is 5.56 Å². The van der Waals surface area contributed by atoms with Crippen molar-refractivity contribution in [3.63, 3.8) is 0 Å². The lowest BCUT2D eigenvalue weighted by Gasteiger charge is -2.16. The quantitative estimate of drug-likeness (QED) is 0.864. The zero-order valence-electron chi connectivity index (χ0n) is 12.0. The summed E-state index contributed by atoms with van der Waals surface area (Å²) in [4.78, 5) is 12.0. The molecule has 0 aliphatic carbocycles. The molecule has 1 aliphatic rings. The zero-order valence-corrected chi connectivity index (χ0v) is 14.4. The van der Waals surface area contributed by atoms with Crippen LogP contribution in [0.15, 0.2) is 53.4 Å². The summed E-state index contributed by atoms with van der Waals surface area (Å²) in [5.41, 5.74) is 0.167. The highest BCUT2D eigenvalue weighted by atomic mass is 35.5. The number of halogens is 1. The fourth-order valence-corrected chi connectivity index (χ4v) is 5.56. The Kier molecular flexibility index (Phi) is 4.02. The van der Waals surface area contributed by atoms with Gasteiger partial charge in [-0.05, 0) is 36.4 Å². The number of hydrogen-bond acceptors (Lipinski definition) is 5. The van der Waals surface area contributed by atoms with Crippen LogP contribution in [0.5, 0.6) is 0 Å². The van der Waals surface area contributed by atoms with Crippen LogP contribution >= 0.6 is 11.6 Å². The average Bonchev–Trinajstić information content (AvgIpc) is 2.71. The van der Waals surface area contributed by atoms with E-state index >= 15 is 0 Å². The van der Waals surface area contributed by atoms with E-state index in [0.29, 0.717) is 9.33 Å². The van der Waals surface area contributed by atoms with Crippen LogP contribution in [0.1, 0.15) is 10.4 Å². The van der Waals surface area contributed by atoms with Crippen molar-refractivity contribution in [2.24, 2.45) is 0 Å². The fraction of sp³-hybridized carbons (Fsp3) is 0.0714. The van der Waals surface area contributed by atoms with E-state index in [4.69, 9.17) is 11.6 Å². The molecule has 0 saturated heterocycles. The lowest BCUT2D eigenvalue weighted by molar-refractivity contribution is 0.0885. The monoisotopic (exact) mass is 386 g/mol. The van der Waals surface area contributed by atoms with Gasteiger partial charge >= 0.3 is 0 Å². The Morgan fingerprint density at radius 1 is 1.04 bits per heavy atom. The molecule has 0 aromatic heterocycles. The second-order valence-corrected chi connectivity index (χ2v) is 8.97. The first-order valence-electron chi connectivity index (χ1n) is 6.63. The highest BCUT2D eigenvalue weighted by molar-refractivity contribution is 7.95. The van der Waals surface area contributed by atoms with Gasteiger partial charge in [0, 0.05) is 10.7 Å². The van der Waals surface area contributed by atoms with E-state index in [9.17, 15) is 21.6 Å². The second-order valence-electron chi connectivity index (χ2n) is 5.01. The van der Waals surface area contributed by atoms with Gasteiger partial charge in [0.15, 0.2) is 5.88 Å². The Morgan fingerprint density at radius 2 is 1.67 bits per heavy atom. The lowest BCUT2D eigenvalue weighted by atomic mass is 10.2. The number of nitrogens with one attached hydrogen (secondary N) is 1. The summed E-state index contributed by atoms with van der Waals surface area (Å²) < 4.78 is 51.7. The largest absolute Gasteiger partial charge is 0.282 e. The number of carbonyl (C=O) groups is 1. The van der Waals surface area contributed by atoms with E-state index < -0.39 is 31.8 Å². The normalized spacial score (nSPS) is 16.0. The molecule has 0 atom stereocenters. The van der Waals surface area contributed by atoms with Crippen molar-refractivity contribution < 1.29 is 21.6 Å². The van der Waals surface area contributed by atoms with Crippen LogP contribution in [0.3, 0.4) is 0 Å². The molecule has 0 saturated carbocycles. The minimum Gasteiger partial charge on any atom is -0.282 e. The maximum absolute atomic E-state index is 12.4. The number of benzene rings is 2. The van der Waals surface area contributed by atoms with Crippen LogP contribution in [-0.2, 0) is 20.0 Å². The third kappa shape index (κ3) is 2.97. The average molecular weight is 387 g/mol. The number of sulfonamides is 2. The van der Waals surface area contributed by atoms with E-state index in [0.717, 1.165) is 0 Å². The van der Waals surface area contributed by atoms with Gasteiger partial charge in [-0.25, -0.2) is 21.1 Å². The van der Waals surface area contributed by atoms with Crippen molar-refractivity contribution in [1.29, 1.82) is 0 Å². The predicted octanol–water partition coefficient (Wildman–Crippen LogP) is 1.88. The maximum Gasteiger partial charge on any atom is 0.270 e. The SMILES string of the molecule is O=C1c2ccccc2S(=O)(=O)N1CS(=O)(=O)Nc1ccc(Cl)cc1. The molecule has 1 heterocycles. The molecule has 1 N–H and O–H groups in total. The number of nitrogens with zero attached hydrogens (tertiary/aromatic N) is 1. The predicted molar refractivity (Wildman–Crippen MR) is 88.7 cm³/mol. The van der Waals surface area contributed by atoms with Gasteiger partial charge in [-0.15, -0.1) is 0 Å². The first kappa shape index (κ1) is 16.7. The smallest absolute Gasteiger partial charge is 0.270 e. The molecule has 0 fully saturated rings. The molecular weight excluding hydrogens is 376 g/mol. The van der Waals surface area contributed by atoms with E-state index in [2.05, 4.69) is 4.72 Å². The van der Waals surface area contributed by atoms with Gasteiger partial charge in [-0.1, -0.05) is 23.7 Å². The van der Waals surface area contributed by atoms with Gasteiger partial charge in [0.2, 0.25) is 0 Å². The fourth-order valence-electron chi connectivity index (χ4n) is 2.24. The summed E-state index contributed by atoms with van der Waals surface area (Å²) in [6.07, 6.45) is 0. The molecule has 0 bridgehead atoms. The van der Waals surface area contributed by atoms with Crippen molar-refractivity contribution in [1.82, 2.24) is 4.31 Å². The molecular formula is C14H11ClN2O5S2. The third-order valence-electron chi connectivity index (χ3n) is 3.32. The summed E-state index contributed by atoms with van der Waals surface area (Å²) >= 11 is 5.72. The molecule has 3 rings (SSSR count). The molecule has 2 aromatic carbocycles. The maximum atomic E-state index is 12.4. The van der Waals surface area contributed by atoms with Crippen LogP contribution in [0.4, 0.5) is 5.69 Å². The number of anilines is 1. The Labute approximate surface area is 144 Å². The lowest BCUT2D eigenvalue weighted by Crippen LogP contribution is -2.37. The van der Waals surface area contributed by atoms with Gasteiger partial charge in [-0.2, -0.15) is 0 Å². The standard InChI is InChI=1S/C14H11ClN2O5S2/c15-10-5-7-11(8-6-10)16-23(19,20)9-17-14(18)12-3-1-2-4-13(12)24(17,21)22/h1-8,16H,9H2. The summed E-state index contributed by atoms with van der Waals surface area (Å²) in [6.45, 7) is 0. The van der Waals surface area contributed by atoms with E-state index in [1.807, 2.05) is 0 Å². The molecule has 2 aromatic rings. The summed E-state index contributed by atoms with van der Waals surface area (Å²) in [5, 5.41) is 0.422. The molecule has 0 radical (unpaired) electrons. The van der Waals surface area contributed by atoms with E-state index in [-0.39, 0.29) is 16.1 Å². The highest BCUT2D eigenvalue weighted by Crippen LogP contribution is 2.30. The number of fused-ring (bicyclic) bond motifs is 1. The molecule has 0 unspecified atom stereocenters. The number of carbonyl (C=O) groups excluding carboxylic acids is 1. The topological polar surface area (TPSA) is 101 Å². The minimum absolute atomic E-state index is 0.0424. The molecule has 10 heteroatoms. The van der Waals surface area contributed by atoms with Crippen LogP contribution < -0.4 is 4.72 Å². The molecule has 1 aliphatic heterocycles. The number of rotatable bonds is 4. The zero-order chi connectivity index (χ0) is 17.5. The first-order chi connectivity index (χ1) is 11.2. The number of amides is 1. The molecule has 126 valence electrons. The summed E-state index contributed by atoms with van der Waals surface area (Å²) in [5.74, 6) is -1.88. The minimum atomic E-state index is -4.18. The Hall–Kier alpha value is -2.10. The van der Waals surface area contributed by atoms with Crippen molar-refractivity contribution >= 4 is 43.2 Å². The van der Waals surface area contributed by atoms with E-state index in [1.165, 1.54) is 48.5 Å². The van der Waals surface area contributed by atoms with Crippen molar-refractivity contribution in [3.05, 3.63) is 59.1 Å². The van der Waals surface area contributed by atoms with Crippen molar-refractivity contribution in [2.75, 3.05) is 10.6 Å². The Balaban J connectivity index is 1.88. The second kappa shape index (κ2) is 5.76. The van der Waals surface area contributed by atoms with Crippen LogP contribution in [0.2, 0.25) is 5.02 Å². The van der Waals surface area contributed by atoms with Crippen molar-refractivity contribution in [3.8, 4) is 0 Å². The third-order valence-corrected chi connectivity index (χ3v) is 6.66. The highest BCUT2D eigenvalue weighted by Gasteiger charge is 2.43. The molecule has 24 heavy (non-hydrogen) atoms. The summed E-state index contributed by atoms with van der Waals surface area (Å²) in [6, 6.07) is 11.4. The van der Waals surface area contributed by atoms with Crippen LogP contribution in [0, 0.1) is 0 Å². The molecule has 7 nitrogen and oxygen atoms in total. The Bertz CT molecular complexity index is 1020. The van der Waals surface area contributed by atoms with Gasteiger partial charge < -0.3 is 0 Å². The Morgan fingerprint density at radius 3 is 2.29 bits per heavy atom. The van der Waals surface area contributed by atoms with Crippen LogP contribution in [0.25, 0.3) is 0 Å². The van der Waals surface area contributed by atoms with Crippen LogP contribution in [-0.4, -0.2) is 32.9 Å². The number of hydrogen-bond donors (Lipinski definition) is 1.